The average molecular weight is 330 g/mol. The van der Waals surface area contributed by atoms with Crippen LogP contribution in [0.25, 0.3) is 0 Å². The van der Waals surface area contributed by atoms with Crippen molar-refractivity contribution in [3.63, 3.8) is 0 Å². The number of aromatic nitrogens is 1. The first-order valence-corrected chi connectivity index (χ1v) is 8.31. The highest BCUT2D eigenvalue weighted by Crippen LogP contribution is 2.29. The van der Waals surface area contributed by atoms with Crippen molar-refractivity contribution in [3.05, 3.63) is 58.7 Å². The molecular formula is C19H23FN2O2. The van der Waals surface area contributed by atoms with Crippen LogP contribution in [-0.2, 0) is 0 Å². The summed E-state index contributed by atoms with van der Waals surface area (Å²) >= 11 is 0. The predicted octanol–water partition coefficient (Wildman–Crippen LogP) is 3.15. The first-order valence-electron chi connectivity index (χ1n) is 8.31. The summed E-state index contributed by atoms with van der Waals surface area (Å²) in [5.41, 5.74) is 3.24. The summed E-state index contributed by atoms with van der Waals surface area (Å²) in [6.07, 6.45) is 1.37. The lowest BCUT2D eigenvalue weighted by molar-refractivity contribution is 0.0816. The van der Waals surface area contributed by atoms with Gasteiger partial charge in [-0.1, -0.05) is 12.1 Å². The van der Waals surface area contributed by atoms with E-state index in [0.29, 0.717) is 24.7 Å². The molecule has 1 heterocycles. The minimum atomic E-state index is -0.729. The summed E-state index contributed by atoms with van der Waals surface area (Å²) in [4.78, 5) is 17.8. The Kier molecular flexibility index (Phi) is 4.83. The molecule has 0 radical (unpaired) electrons. The van der Waals surface area contributed by atoms with Gasteiger partial charge in [0.1, 0.15) is 5.82 Å². The fraction of sp³-hybridized carbons (Fsp3) is 0.421. The Hall–Kier alpha value is -1.98. The molecule has 1 fully saturated rings. The van der Waals surface area contributed by atoms with E-state index >= 15 is 0 Å². The summed E-state index contributed by atoms with van der Waals surface area (Å²) in [6.45, 7) is 4.50. The van der Waals surface area contributed by atoms with E-state index in [-0.39, 0.29) is 11.6 Å². The van der Waals surface area contributed by atoms with Crippen molar-refractivity contribution in [2.75, 3.05) is 13.1 Å². The number of aromatic amines is 1. The number of halogens is 1. The average Bonchev–Trinajstić information content (AvgIpc) is 3.32. The second kappa shape index (κ2) is 6.87. The SMILES string of the molecule is Cc1cc(C(=O)CN(CC(O)c2ccc(F)cc2)C2CC2)c(C)[nH]1. The van der Waals surface area contributed by atoms with E-state index in [4.69, 9.17) is 0 Å². The van der Waals surface area contributed by atoms with E-state index in [1.165, 1.54) is 12.1 Å². The Morgan fingerprint density at radius 1 is 1.33 bits per heavy atom. The third-order valence-corrected chi connectivity index (χ3v) is 4.52. The van der Waals surface area contributed by atoms with E-state index in [1.807, 2.05) is 24.8 Å². The van der Waals surface area contributed by atoms with Crippen LogP contribution in [-0.4, -0.2) is 39.9 Å². The Morgan fingerprint density at radius 3 is 2.54 bits per heavy atom. The van der Waals surface area contributed by atoms with Gasteiger partial charge in [-0.15, -0.1) is 0 Å². The zero-order chi connectivity index (χ0) is 17.3. The summed E-state index contributed by atoms with van der Waals surface area (Å²) in [6, 6.07) is 8.09. The zero-order valence-corrected chi connectivity index (χ0v) is 14.1. The topological polar surface area (TPSA) is 56.3 Å². The Balaban J connectivity index is 1.67. The number of Topliss-reactive ketones (excluding diaryl/α,β-unsaturated/α-hetero) is 1. The molecule has 1 unspecified atom stereocenters. The second-order valence-corrected chi connectivity index (χ2v) is 6.64. The van der Waals surface area contributed by atoms with Crippen LogP contribution < -0.4 is 0 Å². The van der Waals surface area contributed by atoms with Crippen molar-refractivity contribution in [1.29, 1.82) is 0 Å². The van der Waals surface area contributed by atoms with Gasteiger partial charge >= 0.3 is 0 Å². The van der Waals surface area contributed by atoms with Gasteiger partial charge in [0.05, 0.1) is 12.6 Å². The zero-order valence-electron chi connectivity index (χ0n) is 14.1. The molecular weight excluding hydrogens is 307 g/mol. The van der Waals surface area contributed by atoms with Crippen molar-refractivity contribution in [2.45, 2.75) is 38.8 Å². The van der Waals surface area contributed by atoms with Crippen LogP contribution in [0.5, 0.6) is 0 Å². The fourth-order valence-corrected chi connectivity index (χ4v) is 3.08. The highest BCUT2D eigenvalue weighted by Gasteiger charge is 2.32. The Morgan fingerprint density at radius 2 is 2.00 bits per heavy atom. The number of hydrogen-bond donors (Lipinski definition) is 2. The van der Waals surface area contributed by atoms with Crippen LogP contribution in [0.2, 0.25) is 0 Å². The van der Waals surface area contributed by atoms with E-state index in [9.17, 15) is 14.3 Å². The molecule has 1 aromatic heterocycles. The Labute approximate surface area is 141 Å². The molecule has 2 aromatic rings. The minimum Gasteiger partial charge on any atom is -0.387 e. The van der Waals surface area contributed by atoms with Crippen LogP contribution >= 0.6 is 0 Å². The van der Waals surface area contributed by atoms with Gasteiger partial charge in [-0.25, -0.2) is 4.39 Å². The number of aliphatic hydroxyl groups excluding tert-OH is 1. The quantitative estimate of drug-likeness (QED) is 0.767. The van der Waals surface area contributed by atoms with Crippen molar-refractivity contribution in [3.8, 4) is 0 Å². The lowest BCUT2D eigenvalue weighted by Crippen LogP contribution is -2.35. The molecule has 24 heavy (non-hydrogen) atoms. The molecule has 1 atom stereocenters. The monoisotopic (exact) mass is 330 g/mol. The first kappa shape index (κ1) is 16.9. The number of nitrogens with zero attached hydrogens (tertiary/aromatic N) is 1. The molecule has 0 saturated heterocycles. The summed E-state index contributed by atoms with van der Waals surface area (Å²) in [5.74, 6) is -0.256. The third-order valence-electron chi connectivity index (χ3n) is 4.52. The molecule has 0 bridgehead atoms. The first-order chi connectivity index (χ1) is 11.4. The van der Waals surface area contributed by atoms with Crippen LogP contribution in [0.15, 0.2) is 30.3 Å². The number of rotatable bonds is 7. The second-order valence-electron chi connectivity index (χ2n) is 6.64. The van der Waals surface area contributed by atoms with Gasteiger partial charge in [-0.05, 0) is 50.5 Å². The van der Waals surface area contributed by atoms with Gasteiger partial charge in [0.25, 0.3) is 0 Å². The number of hydrogen-bond acceptors (Lipinski definition) is 3. The van der Waals surface area contributed by atoms with Gasteiger partial charge in [-0.3, -0.25) is 9.69 Å². The fourth-order valence-electron chi connectivity index (χ4n) is 3.08. The number of carbonyl (C=O) groups excluding carboxylic acids is 1. The number of nitrogens with one attached hydrogen (secondary N) is 1. The summed E-state index contributed by atoms with van der Waals surface area (Å²) in [7, 11) is 0. The highest BCUT2D eigenvalue weighted by atomic mass is 19.1. The van der Waals surface area contributed by atoms with Crippen molar-refractivity contribution in [1.82, 2.24) is 9.88 Å². The van der Waals surface area contributed by atoms with Crippen molar-refractivity contribution < 1.29 is 14.3 Å². The number of aliphatic hydroxyl groups is 1. The lowest BCUT2D eigenvalue weighted by atomic mass is 10.1. The molecule has 0 aliphatic heterocycles. The molecule has 1 aromatic carbocycles. The van der Waals surface area contributed by atoms with E-state index in [2.05, 4.69) is 4.98 Å². The standard InChI is InChI=1S/C19H23FN2O2/c1-12-9-17(13(2)21-12)19(24)11-22(16-7-8-16)10-18(23)14-3-5-15(20)6-4-14/h3-6,9,16,18,21,23H,7-8,10-11H2,1-2H3. The molecule has 4 nitrogen and oxygen atoms in total. The molecule has 0 amide bonds. The van der Waals surface area contributed by atoms with Gasteiger partial charge < -0.3 is 10.1 Å². The smallest absolute Gasteiger partial charge is 0.178 e. The molecule has 1 aliphatic carbocycles. The minimum absolute atomic E-state index is 0.0649. The number of ketones is 1. The van der Waals surface area contributed by atoms with Crippen molar-refractivity contribution >= 4 is 5.78 Å². The predicted molar refractivity (Wildman–Crippen MR) is 90.6 cm³/mol. The van der Waals surface area contributed by atoms with Gasteiger partial charge in [0.2, 0.25) is 0 Å². The maximum Gasteiger partial charge on any atom is 0.178 e. The Bertz CT molecular complexity index is 719. The third kappa shape index (κ3) is 3.91. The number of carbonyl (C=O) groups is 1. The van der Waals surface area contributed by atoms with Gasteiger partial charge in [0, 0.05) is 29.5 Å². The van der Waals surface area contributed by atoms with E-state index in [0.717, 1.165) is 29.8 Å². The van der Waals surface area contributed by atoms with Crippen LogP contribution in [0.3, 0.4) is 0 Å². The normalized spacial score (nSPS) is 15.7. The van der Waals surface area contributed by atoms with E-state index in [1.54, 1.807) is 12.1 Å². The van der Waals surface area contributed by atoms with Gasteiger partial charge in [0.15, 0.2) is 5.78 Å². The number of benzene rings is 1. The molecule has 1 saturated carbocycles. The molecule has 1 aliphatic rings. The largest absolute Gasteiger partial charge is 0.387 e. The lowest BCUT2D eigenvalue weighted by Gasteiger charge is -2.24. The maximum atomic E-state index is 13.0. The van der Waals surface area contributed by atoms with Crippen molar-refractivity contribution in [2.24, 2.45) is 0 Å². The van der Waals surface area contributed by atoms with E-state index < -0.39 is 6.10 Å². The van der Waals surface area contributed by atoms with Crippen LogP contribution in [0, 0.1) is 19.7 Å². The summed E-state index contributed by atoms with van der Waals surface area (Å²) < 4.78 is 13.0. The number of aryl methyl sites for hydroxylation is 2. The summed E-state index contributed by atoms with van der Waals surface area (Å²) in [5, 5.41) is 10.4. The maximum absolute atomic E-state index is 13.0. The van der Waals surface area contributed by atoms with Gasteiger partial charge in [-0.2, -0.15) is 0 Å². The molecule has 0 spiro atoms. The number of H-pyrrole nitrogens is 1. The molecule has 128 valence electrons. The highest BCUT2D eigenvalue weighted by molar-refractivity contribution is 5.98. The molecule has 2 N–H and O–H groups in total. The van der Waals surface area contributed by atoms with Crippen LogP contribution in [0.4, 0.5) is 4.39 Å². The van der Waals surface area contributed by atoms with Crippen LogP contribution in [0.1, 0.15) is 46.3 Å². The molecule has 5 heteroatoms. The molecule has 3 rings (SSSR count).